The molecule has 0 radical (unpaired) electrons. The number of fused-ring (bicyclic) bond motifs is 1. The van der Waals surface area contributed by atoms with Crippen LogP contribution in [0.1, 0.15) is 44.1 Å². The van der Waals surface area contributed by atoms with Crippen molar-refractivity contribution in [2.24, 2.45) is 5.92 Å². The molecule has 2 atom stereocenters. The fourth-order valence-electron chi connectivity index (χ4n) is 4.37. The van der Waals surface area contributed by atoms with E-state index in [0.29, 0.717) is 25.1 Å². The molecule has 0 bridgehead atoms. The maximum Gasteiger partial charge on any atom is 0.236 e. The van der Waals surface area contributed by atoms with Gasteiger partial charge in [-0.25, -0.2) is 0 Å². The average Bonchev–Trinajstić information content (AvgIpc) is 2.62. The van der Waals surface area contributed by atoms with Crippen LogP contribution in [0.15, 0.2) is 24.3 Å². The van der Waals surface area contributed by atoms with E-state index in [0.717, 1.165) is 30.3 Å². The normalized spacial score (nSPS) is 23.4. The summed E-state index contributed by atoms with van der Waals surface area (Å²) in [5.74, 6) is 1.99. The SMILES string of the molecule is Cc1ccccc1OCCN(C)CC(=O)N1CCCC2CCCCC21. The Labute approximate surface area is 152 Å². The molecule has 1 aromatic rings. The molecule has 4 heteroatoms. The summed E-state index contributed by atoms with van der Waals surface area (Å²) in [6, 6.07) is 8.57. The van der Waals surface area contributed by atoms with Crippen LogP contribution in [0.25, 0.3) is 0 Å². The number of likely N-dealkylation sites (N-methyl/N-ethyl adjacent to an activating group) is 1. The molecular weight excluding hydrogens is 312 g/mol. The van der Waals surface area contributed by atoms with Crippen molar-refractivity contribution < 1.29 is 9.53 Å². The van der Waals surface area contributed by atoms with Crippen LogP contribution in [0.2, 0.25) is 0 Å². The average molecular weight is 344 g/mol. The number of carbonyl (C=O) groups is 1. The lowest BCUT2D eigenvalue weighted by Gasteiger charge is -2.44. The van der Waals surface area contributed by atoms with Gasteiger partial charge in [-0.3, -0.25) is 9.69 Å². The van der Waals surface area contributed by atoms with E-state index in [1.807, 2.05) is 25.2 Å². The number of likely N-dealkylation sites (tertiary alicyclic amines) is 1. The summed E-state index contributed by atoms with van der Waals surface area (Å²) in [6.07, 6.45) is 7.64. The first-order valence-corrected chi connectivity index (χ1v) is 9.81. The van der Waals surface area contributed by atoms with E-state index in [1.165, 1.54) is 38.5 Å². The molecule has 1 amide bonds. The number of benzene rings is 1. The van der Waals surface area contributed by atoms with E-state index < -0.39 is 0 Å². The van der Waals surface area contributed by atoms with Crippen LogP contribution in [0.5, 0.6) is 5.75 Å². The summed E-state index contributed by atoms with van der Waals surface area (Å²) in [6.45, 7) is 4.89. The van der Waals surface area contributed by atoms with Crippen molar-refractivity contribution in [3.05, 3.63) is 29.8 Å². The summed E-state index contributed by atoms with van der Waals surface area (Å²) < 4.78 is 5.85. The number of para-hydroxylation sites is 1. The van der Waals surface area contributed by atoms with Gasteiger partial charge in [0.1, 0.15) is 12.4 Å². The molecule has 2 fully saturated rings. The Balaban J connectivity index is 1.44. The Kier molecular flexibility index (Phi) is 6.35. The highest BCUT2D eigenvalue weighted by atomic mass is 16.5. The monoisotopic (exact) mass is 344 g/mol. The van der Waals surface area contributed by atoms with Gasteiger partial charge in [0.2, 0.25) is 5.91 Å². The molecule has 0 spiro atoms. The van der Waals surface area contributed by atoms with E-state index in [2.05, 4.69) is 22.8 Å². The van der Waals surface area contributed by atoms with E-state index in [4.69, 9.17) is 4.74 Å². The Bertz CT molecular complexity index is 573. The molecule has 1 heterocycles. The fourth-order valence-corrected chi connectivity index (χ4v) is 4.37. The van der Waals surface area contributed by atoms with Crippen molar-refractivity contribution in [3.8, 4) is 5.75 Å². The first kappa shape index (κ1) is 18.2. The number of nitrogens with zero attached hydrogens (tertiary/aromatic N) is 2. The highest BCUT2D eigenvalue weighted by Crippen LogP contribution is 2.35. The molecule has 4 nitrogen and oxygen atoms in total. The molecule has 25 heavy (non-hydrogen) atoms. The van der Waals surface area contributed by atoms with Crippen LogP contribution in [0, 0.1) is 12.8 Å². The summed E-state index contributed by atoms with van der Waals surface area (Å²) >= 11 is 0. The summed E-state index contributed by atoms with van der Waals surface area (Å²) in [5, 5.41) is 0. The Hall–Kier alpha value is -1.55. The molecule has 2 unspecified atom stereocenters. The minimum atomic E-state index is 0.301. The summed E-state index contributed by atoms with van der Waals surface area (Å²) in [5.41, 5.74) is 1.15. The predicted octanol–water partition coefficient (Wildman–Crippen LogP) is 3.49. The quantitative estimate of drug-likeness (QED) is 0.792. The molecule has 3 rings (SSSR count). The molecule has 1 saturated carbocycles. The lowest BCUT2D eigenvalue weighted by atomic mass is 9.78. The highest BCUT2D eigenvalue weighted by molar-refractivity contribution is 5.78. The molecule has 2 aliphatic rings. The van der Waals surface area contributed by atoms with Gasteiger partial charge >= 0.3 is 0 Å². The predicted molar refractivity (Wildman–Crippen MR) is 101 cm³/mol. The van der Waals surface area contributed by atoms with Gasteiger partial charge in [-0.05, 0) is 57.2 Å². The maximum absolute atomic E-state index is 12.8. The van der Waals surface area contributed by atoms with Crippen LogP contribution in [0.3, 0.4) is 0 Å². The van der Waals surface area contributed by atoms with E-state index >= 15 is 0 Å². The van der Waals surface area contributed by atoms with Crippen LogP contribution in [-0.4, -0.2) is 55.0 Å². The largest absolute Gasteiger partial charge is 0.492 e. The van der Waals surface area contributed by atoms with Gasteiger partial charge in [0.05, 0.1) is 6.54 Å². The van der Waals surface area contributed by atoms with E-state index in [-0.39, 0.29) is 0 Å². The highest BCUT2D eigenvalue weighted by Gasteiger charge is 2.35. The van der Waals surface area contributed by atoms with Gasteiger partial charge in [-0.1, -0.05) is 31.0 Å². The number of carbonyl (C=O) groups excluding carboxylic acids is 1. The van der Waals surface area contributed by atoms with E-state index in [9.17, 15) is 4.79 Å². The first-order valence-electron chi connectivity index (χ1n) is 9.81. The molecule has 1 aliphatic heterocycles. The summed E-state index contributed by atoms with van der Waals surface area (Å²) in [4.78, 5) is 17.1. The second-order valence-electron chi connectivity index (χ2n) is 7.69. The van der Waals surface area contributed by atoms with Crippen molar-refractivity contribution in [2.75, 3.05) is 33.3 Å². The molecular formula is C21H32N2O2. The van der Waals surface area contributed by atoms with Crippen LogP contribution < -0.4 is 4.74 Å². The molecule has 138 valence electrons. The van der Waals surface area contributed by atoms with Crippen molar-refractivity contribution >= 4 is 5.91 Å². The number of rotatable bonds is 6. The molecule has 1 aromatic carbocycles. The number of hydrogen-bond acceptors (Lipinski definition) is 3. The minimum Gasteiger partial charge on any atom is -0.492 e. The smallest absolute Gasteiger partial charge is 0.236 e. The zero-order valence-corrected chi connectivity index (χ0v) is 15.7. The molecule has 0 aromatic heterocycles. The molecule has 0 N–H and O–H groups in total. The summed E-state index contributed by atoms with van der Waals surface area (Å²) in [7, 11) is 2.02. The zero-order chi connectivity index (χ0) is 17.6. The number of aryl methyl sites for hydroxylation is 1. The van der Waals surface area contributed by atoms with Crippen molar-refractivity contribution in [2.45, 2.75) is 51.5 Å². The van der Waals surface area contributed by atoms with Crippen LogP contribution in [0.4, 0.5) is 0 Å². The lowest BCUT2D eigenvalue weighted by molar-refractivity contribution is -0.138. The number of ether oxygens (including phenoxy) is 1. The van der Waals surface area contributed by atoms with Crippen LogP contribution in [-0.2, 0) is 4.79 Å². The maximum atomic E-state index is 12.8. The molecule has 1 aliphatic carbocycles. The third kappa shape index (κ3) is 4.75. The number of piperidine rings is 1. The Morgan fingerprint density at radius 1 is 1.20 bits per heavy atom. The van der Waals surface area contributed by atoms with Crippen LogP contribution >= 0.6 is 0 Å². The van der Waals surface area contributed by atoms with Gasteiger partial charge in [-0.15, -0.1) is 0 Å². The van der Waals surface area contributed by atoms with E-state index in [1.54, 1.807) is 0 Å². The fraction of sp³-hybridized carbons (Fsp3) is 0.667. The van der Waals surface area contributed by atoms with Gasteiger partial charge < -0.3 is 9.64 Å². The van der Waals surface area contributed by atoms with Gasteiger partial charge in [-0.2, -0.15) is 0 Å². The molecule has 1 saturated heterocycles. The van der Waals surface area contributed by atoms with Gasteiger partial charge in [0.15, 0.2) is 0 Å². The standard InChI is InChI=1S/C21H32N2O2/c1-17-8-3-6-12-20(17)25-15-14-22(2)16-21(24)23-13-7-10-18-9-4-5-11-19(18)23/h3,6,8,12,18-19H,4-5,7,9-11,13-16H2,1-2H3. The third-order valence-electron chi connectivity index (χ3n) is 5.79. The minimum absolute atomic E-state index is 0.301. The Morgan fingerprint density at radius 3 is 2.80 bits per heavy atom. The zero-order valence-electron chi connectivity index (χ0n) is 15.7. The second-order valence-corrected chi connectivity index (χ2v) is 7.69. The van der Waals surface area contributed by atoms with Gasteiger partial charge in [0, 0.05) is 19.1 Å². The van der Waals surface area contributed by atoms with Gasteiger partial charge in [0.25, 0.3) is 0 Å². The second kappa shape index (κ2) is 8.70. The number of amides is 1. The third-order valence-corrected chi connectivity index (χ3v) is 5.79. The Morgan fingerprint density at radius 2 is 1.96 bits per heavy atom. The number of hydrogen-bond donors (Lipinski definition) is 0. The van der Waals surface area contributed by atoms with Crippen molar-refractivity contribution in [1.82, 2.24) is 9.80 Å². The first-order chi connectivity index (χ1) is 12.1. The lowest BCUT2D eigenvalue weighted by Crippen LogP contribution is -2.52. The van der Waals surface area contributed by atoms with Crippen molar-refractivity contribution in [3.63, 3.8) is 0 Å². The van der Waals surface area contributed by atoms with Crippen molar-refractivity contribution in [1.29, 1.82) is 0 Å². The topological polar surface area (TPSA) is 32.8 Å².